The van der Waals surface area contributed by atoms with E-state index in [2.05, 4.69) is 11.9 Å². The van der Waals surface area contributed by atoms with Gasteiger partial charge in [0.05, 0.1) is 6.10 Å². The predicted molar refractivity (Wildman–Crippen MR) is 44.4 cm³/mol. The summed E-state index contributed by atoms with van der Waals surface area (Å²) in [4.78, 5) is 2.27. The van der Waals surface area contributed by atoms with Gasteiger partial charge in [-0.3, -0.25) is 0 Å². The Morgan fingerprint density at radius 1 is 1.45 bits per heavy atom. The molecule has 64 valence electrons. The van der Waals surface area contributed by atoms with E-state index in [9.17, 15) is 5.11 Å². The molecule has 2 rings (SSSR count). The van der Waals surface area contributed by atoms with Crippen molar-refractivity contribution >= 4 is 0 Å². The summed E-state index contributed by atoms with van der Waals surface area (Å²) in [5.74, 6) is 0. The van der Waals surface area contributed by atoms with Crippen LogP contribution < -0.4 is 0 Å². The number of piperidine rings is 1. The van der Waals surface area contributed by atoms with Crippen molar-refractivity contribution in [2.45, 2.75) is 31.8 Å². The Balaban J connectivity index is 2.00. The van der Waals surface area contributed by atoms with Crippen LogP contribution in [0.2, 0.25) is 0 Å². The van der Waals surface area contributed by atoms with Crippen LogP contribution in [0.1, 0.15) is 25.7 Å². The molecule has 1 saturated heterocycles. The first-order chi connectivity index (χ1) is 5.20. The number of β-amino-alcohol motifs (C(OH)–C–C–N with tert-alkyl or cyclic N) is 1. The van der Waals surface area contributed by atoms with E-state index in [1.54, 1.807) is 0 Å². The third-order valence-electron chi connectivity index (χ3n) is 3.21. The quantitative estimate of drug-likeness (QED) is 0.560. The lowest BCUT2D eigenvalue weighted by Crippen LogP contribution is -2.50. The number of likely N-dealkylation sites (N-methyl/N-ethyl adjacent to an activating group) is 1. The molecule has 0 amide bonds. The summed E-state index contributed by atoms with van der Waals surface area (Å²) in [6.45, 7) is 2.09. The summed E-state index contributed by atoms with van der Waals surface area (Å²) < 4.78 is 0. The van der Waals surface area contributed by atoms with E-state index in [-0.39, 0.29) is 6.10 Å². The summed E-state index contributed by atoms with van der Waals surface area (Å²) >= 11 is 0. The smallest absolute Gasteiger partial charge is 0.0672 e. The fraction of sp³-hybridized carbons (Fsp3) is 1.00. The zero-order valence-corrected chi connectivity index (χ0v) is 7.21. The van der Waals surface area contributed by atoms with Crippen molar-refractivity contribution in [2.24, 2.45) is 5.41 Å². The van der Waals surface area contributed by atoms with E-state index in [0.29, 0.717) is 5.41 Å². The van der Waals surface area contributed by atoms with Gasteiger partial charge in [-0.15, -0.1) is 0 Å². The predicted octanol–water partition coefficient (Wildman–Crippen LogP) is 0.853. The summed E-state index contributed by atoms with van der Waals surface area (Å²) in [5.41, 5.74) is 0.520. The highest BCUT2D eigenvalue weighted by molar-refractivity contribution is 4.95. The van der Waals surface area contributed by atoms with Crippen molar-refractivity contribution in [2.75, 3.05) is 20.1 Å². The van der Waals surface area contributed by atoms with Gasteiger partial charge in [-0.1, -0.05) is 6.42 Å². The van der Waals surface area contributed by atoms with E-state index in [1.807, 2.05) is 0 Å². The number of aliphatic hydroxyl groups is 1. The second-order valence-corrected chi connectivity index (χ2v) is 4.41. The molecule has 1 heterocycles. The van der Waals surface area contributed by atoms with Crippen molar-refractivity contribution in [3.05, 3.63) is 0 Å². The Morgan fingerprint density at radius 2 is 2.18 bits per heavy atom. The number of hydrogen-bond donors (Lipinski definition) is 1. The number of aliphatic hydroxyl groups excluding tert-OH is 1. The van der Waals surface area contributed by atoms with Crippen molar-refractivity contribution in [1.29, 1.82) is 0 Å². The minimum Gasteiger partial charge on any atom is -0.392 e. The van der Waals surface area contributed by atoms with Crippen LogP contribution in [0.15, 0.2) is 0 Å². The first kappa shape index (κ1) is 7.56. The first-order valence-corrected chi connectivity index (χ1v) is 4.57. The van der Waals surface area contributed by atoms with Gasteiger partial charge in [0, 0.05) is 13.1 Å². The minimum atomic E-state index is -0.0611. The van der Waals surface area contributed by atoms with Crippen LogP contribution in [-0.4, -0.2) is 36.2 Å². The molecule has 0 aromatic heterocycles. The fourth-order valence-electron chi connectivity index (χ4n) is 2.66. The second-order valence-electron chi connectivity index (χ2n) is 4.41. The van der Waals surface area contributed by atoms with Crippen molar-refractivity contribution < 1.29 is 5.11 Å². The highest BCUT2D eigenvalue weighted by Crippen LogP contribution is 2.46. The maximum absolute atomic E-state index is 9.54. The van der Waals surface area contributed by atoms with E-state index >= 15 is 0 Å². The molecule has 0 radical (unpaired) electrons. The molecule has 1 spiro atoms. The van der Waals surface area contributed by atoms with E-state index in [4.69, 9.17) is 0 Å². The van der Waals surface area contributed by atoms with Gasteiger partial charge in [0.15, 0.2) is 0 Å². The minimum absolute atomic E-state index is 0.0611. The maximum Gasteiger partial charge on any atom is 0.0672 e. The molecular formula is C9H17NO. The molecule has 11 heavy (non-hydrogen) atoms. The largest absolute Gasteiger partial charge is 0.392 e. The van der Waals surface area contributed by atoms with Crippen LogP contribution in [0.5, 0.6) is 0 Å². The lowest BCUT2D eigenvalue weighted by Gasteiger charge is -2.49. The Hall–Kier alpha value is -0.0800. The average Bonchev–Trinajstić information content (AvgIpc) is 1.82. The molecule has 0 aromatic rings. The van der Waals surface area contributed by atoms with Crippen LogP contribution in [0.4, 0.5) is 0 Å². The van der Waals surface area contributed by atoms with Gasteiger partial charge in [0.1, 0.15) is 0 Å². The Kier molecular flexibility index (Phi) is 1.69. The van der Waals surface area contributed by atoms with Gasteiger partial charge in [-0.25, -0.2) is 0 Å². The van der Waals surface area contributed by atoms with Crippen LogP contribution in [0.25, 0.3) is 0 Å². The molecule has 1 aliphatic heterocycles. The van der Waals surface area contributed by atoms with E-state index in [0.717, 1.165) is 13.0 Å². The number of nitrogens with zero attached hydrogens (tertiary/aromatic N) is 1. The van der Waals surface area contributed by atoms with E-state index in [1.165, 1.54) is 25.8 Å². The molecule has 2 aliphatic rings. The topological polar surface area (TPSA) is 23.5 Å². The highest BCUT2D eigenvalue weighted by Gasteiger charge is 2.42. The Morgan fingerprint density at radius 3 is 2.64 bits per heavy atom. The molecule has 1 aliphatic carbocycles. The van der Waals surface area contributed by atoms with E-state index < -0.39 is 0 Å². The number of hydrogen-bond acceptors (Lipinski definition) is 2. The summed E-state index contributed by atoms with van der Waals surface area (Å²) in [7, 11) is 2.11. The SMILES string of the molecule is CN1C[C@@H](O)CC2(CCC2)C1. The van der Waals surface area contributed by atoms with Gasteiger partial charge in [-0.05, 0) is 31.7 Å². The molecular weight excluding hydrogens is 138 g/mol. The van der Waals surface area contributed by atoms with Crippen LogP contribution >= 0.6 is 0 Å². The zero-order chi connectivity index (χ0) is 7.90. The maximum atomic E-state index is 9.54. The molecule has 0 unspecified atom stereocenters. The lowest BCUT2D eigenvalue weighted by atomic mass is 9.64. The number of likely N-dealkylation sites (tertiary alicyclic amines) is 1. The molecule has 1 N–H and O–H groups in total. The van der Waals surface area contributed by atoms with Crippen molar-refractivity contribution in [3.8, 4) is 0 Å². The summed E-state index contributed by atoms with van der Waals surface area (Å²) in [6, 6.07) is 0. The summed E-state index contributed by atoms with van der Waals surface area (Å²) in [6.07, 6.45) is 5.05. The van der Waals surface area contributed by atoms with Gasteiger partial charge in [0.2, 0.25) is 0 Å². The van der Waals surface area contributed by atoms with Gasteiger partial charge >= 0.3 is 0 Å². The van der Waals surface area contributed by atoms with Gasteiger partial charge in [-0.2, -0.15) is 0 Å². The molecule has 2 fully saturated rings. The molecule has 0 aromatic carbocycles. The Labute approximate surface area is 68.2 Å². The standard InChI is InChI=1S/C9H17NO/c1-10-6-8(11)5-9(7-10)3-2-4-9/h8,11H,2-7H2,1H3/t8-/m0/s1. The van der Waals surface area contributed by atoms with Gasteiger partial charge in [0.25, 0.3) is 0 Å². The lowest BCUT2D eigenvalue weighted by molar-refractivity contribution is -0.0405. The first-order valence-electron chi connectivity index (χ1n) is 4.57. The zero-order valence-electron chi connectivity index (χ0n) is 7.21. The highest BCUT2D eigenvalue weighted by atomic mass is 16.3. The third-order valence-corrected chi connectivity index (χ3v) is 3.21. The molecule has 1 saturated carbocycles. The van der Waals surface area contributed by atoms with Gasteiger partial charge < -0.3 is 10.0 Å². The molecule has 0 bridgehead atoms. The third kappa shape index (κ3) is 1.30. The Bertz CT molecular complexity index is 142. The molecule has 2 nitrogen and oxygen atoms in total. The second kappa shape index (κ2) is 2.46. The summed E-state index contributed by atoms with van der Waals surface area (Å²) in [5, 5.41) is 9.54. The number of rotatable bonds is 0. The van der Waals surface area contributed by atoms with Crippen LogP contribution in [0, 0.1) is 5.41 Å². The molecule has 1 atom stereocenters. The van der Waals surface area contributed by atoms with Crippen molar-refractivity contribution in [1.82, 2.24) is 4.90 Å². The van der Waals surface area contributed by atoms with Crippen molar-refractivity contribution in [3.63, 3.8) is 0 Å². The molecule has 2 heteroatoms. The fourth-order valence-corrected chi connectivity index (χ4v) is 2.66. The van der Waals surface area contributed by atoms with Crippen LogP contribution in [0.3, 0.4) is 0 Å². The van der Waals surface area contributed by atoms with Crippen LogP contribution in [-0.2, 0) is 0 Å². The average molecular weight is 155 g/mol. The monoisotopic (exact) mass is 155 g/mol. The normalized spacial score (nSPS) is 37.1.